The van der Waals surface area contributed by atoms with Crippen LogP contribution in [0.15, 0.2) is 72.9 Å². The van der Waals surface area contributed by atoms with Gasteiger partial charge in [-0.1, -0.05) is 66.2 Å². The van der Waals surface area contributed by atoms with Gasteiger partial charge in [-0.3, -0.25) is 14.3 Å². The number of carboxylic acids is 1. The summed E-state index contributed by atoms with van der Waals surface area (Å²) in [4.78, 5) is 24.6. The molecule has 2 radical (unpaired) electrons. The Balaban J connectivity index is 1.27. The molecule has 1 heterocycles. The highest BCUT2D eigenvalue weighted by Crippen LogP contribution is 2.58. The molecule has 2 aliphatic rings. The lowest BCUT2D eigenvalue weighted by molar-refractivity contribution is -0.155. The molecule has 1 spiro atoms. The van der Waals surface area contributed by atoms with Crippen LogP contribution >= 0.6 is 11.6 Å². The smallest absolute Gasteiger partial charge is 0.306 e. The van der Waals surface area contributed by atoms with Gasteiger partial charge in [0, 0.05) is 16.9 Å². The highest BCUT2D eigenvalue weighted by molar-refractivity contribution is 6.36. The molecule has 2 fully saturated rings. The Kier molecular flexibility index (Phi) is 5.87. The number of nitrogens with one attached hydrogen (secondary N) is 1. The van der Waals surface area contributed by atoms with E-state index in [4.69, 9.17) is 19.4 Å². The number of hydrogen-bond acceptors (Lipinski definition) is 3. The number of hydrogen-bond donors (Lipinski definition) is 2. The topological polar surface area (TPSA) is 84.2 Å². The lowest BCUT2D eigenvalue weighted by Gasteiger charge is -2.56. The first kappa shape index (κ1) is 24.7. The van der Waals surface area contributed by atoms with Crippen molar-refractivity contribution < 1.29 is 14.7 Å². The number of halogens is 1. The van der Waals surface area contributed by atoms with Crippen molar-refractivity contribution in [2.24, 2.45) is 11.3 Å². The summed E-state index contributed by atoms with van der Waals surface area (Å²) in [7, 11) is 6.89. The minimum absolute atomic E-state index is 0.0223. The Labute approximate surface area is 227 Å². The third-order valence-electron chi connectivity index (χ3n) is 8.34. The third-order valence-corrected chi connectivity index (χ3v) is 8.67. The molecule has 38 heavy (non-hydrogen) atoms. The van der Waals surface area contributed by atoms with E-state index in [9.17, 15) is 14.7 Å². The zero-order chi connectivity index (χ0) is 26.7. The fourth-order valence-corrected chi connectivity index (χ4v) is 6.44. The van der Waals surface area contributed by atoms with Crippen LogP contribution in [0.2, 0.25) is 5.02 Å². The fraction of sp³-hybridized carbons (Fsp3) is 0.300. The van der Waals surface area contributed by atoms with Crippen molar-refractivity contribution in [1.82, 2.24) is 15.1 Å². The largest absolute Gasteiger partial charge is 0.481 e. The van der Waals surface area contributed by atoms with Gasteiger partial charge in [-0.05, 0) is 66.8 Å². The second-order valence-corrected chi connectivity index (χ2v) is 11.4. The molecule has 0 bridgehead atoms. The maximum atomic E-state index is 13.4. The van der Waals surface area contributed by atoms with Crippen molar-refractivity contribution in [3.8, 4) is 11.1 Å². The predicted molar refractivity (Wildman–Crippen MR) is 148 cm³/mol. The average Bonchev–Trinajstić information content (AvgIpc) is 3.32. The summed E-state index contributed by atoms with van der Waals surface area (Å²) < 4.78 is 1.67. The number of rotatable bonds is 6. The Morgan fingerprint density at radius 1 is 1.03 bits per heavy atom. The molecule has 2 aliphatic carbocycles. The van der Waals surface area contributed by atoms with E-state index in [-0.39, 0.29) is 23.3 Å². The lowest BCUT2D eigenvalue weighted by atomic mass is 9.50. The van der Waals surface area contributed by atoms with Gasteiger partial charge in [0.25, 0.3) is 5.91 Å². The molecule has 2 saturated carbocycles. The summed E-state index contributed by atoms with van der Waals surface area (Å²) in [6.07, 6.45) is 4.65. The van der Waals surface area contributed by atoms with Gasteiger partial charge >= 0.3 is 5.97 Å². The quantitative estimate of drug-likeness (QED) is 0.321. The van der Waals surface area contributed by atoms with Crippen molar-refractivity contribution >= 4 is 42.2 Å². The maximum Gasteiger partial charge on any atom is 0.306 e. The van der Waals surface area contributed by atoms with E-state index in [1.54, 1.807) is 23.0 Å². The molecule has 4 aromatic rings. The van der Waals surface area contributed by atoms with Crippen LogP contribution in [0.3, 0.4) is 0 Å². The molecule has 1 unspecified atom stereocenters. The van der Waals surface area contributed by atoms with Gasteiger partial charge in [-0.2, -0.15) is 5.10 Å². The first-order valence-electron chi connectivity index (χ1n) is 12.8. The van der Waals surface area contributed by atoms with Gasteiger partial charge in [0.2, 0.25) is 0 Å². The van der Waals surface area contributed by atoms with Gasteiger partial charge in [0.05, 0.1) is 28.2 Å². The number of fused-ring (bicyclic) bond motifs is 1. The van der Waals surface area contributed by atoms with E-state index in [1.807, 2.05) is 49.4 Å². The highest BCUT2D eigenvalue weighted by Gasteiger charge is 2.55. The van der Waals surface area contributed by atoms with Gasteiger partial charge in [-0.25, -0.2) is 0 Å². The van der Waals surface area contributed by atoms with Crippen LogP contribution in [0.1, 0.15) is 48.5 Å². The predicted octanol–water partition coefficient (Wildman–Crippen LogP) is 5.62. The van der Waals surface area contributed by atoms with Crippen LogP contribution in [0.5, 0.6) is 0 Å². The second kappa shape index (κ2) is 9.02. The molecule has 6 nitrogen and oxygen atoms in total. The number of aromatic nitrogens is 2. The van der Waals surface area contributed by atoms with E-state index in [0.717, 1.165) is 29.5 Å². The van der Waals surface area contributed by atoms with Crippen molar-refractivity contribution in [2.45, 2.75) is 44.1 Å². The first-order chi connectivity index (χ1) is 18.2. The van der Waals surface area contributed by atoms with E-state index in [2.05, 4.69) is 22.5 Å². The Morgan fingerprint density at radius 2 is 1.68 bits per heavy atom. The summed E-state index contributed by atoms with van der Waals surface area (Å²) >= 11 is 6.51. The molecule has 0 saturated heterocycles. The summed E-state index contributed by atoms with van der Waals surface area (Å²) in [6, 6.07) is 21.6. The third kappa shape index (κ3) is 4.10. The monoisotopic (exact) mass is 523 g/mol. The van der Waals surface area contributed by atoms with Gasteiger partial charge in [0.1, 0.15) is 7.85 Å². The molecule has 8 heteroatoms. The number of aliphatic carboxylic acids is 1. The van der Waals surface area contributed by atoms with Gasteiger partial charge < -0.3 is 10.4 Å². The minimum Gasteiger partial charge on any atom is -0.481 e. The van der Waals surface area contributed by atoms with Crippen LogP contribution in [0.4, 0.5) is 0 Å². The average molecular weight is 524 g/mol. The number of carboxylic acid groups (broad SMARTS) is 1. The number of nitrogens with zero attached hydrogens (tertiary/aromatic N) is 2. The lowest BCUT2D eigenvalue weighted by Crippen LogP contribution is -2.57. The highest BCUT2D eigenvalue weighted by atomic mass is 35.5. The first-order valence-corrected chi connectivity index (χ1v) is 13.2. The number of amides is 1. The van der Waals surface area contributed by atoms with Crippen LogP contribution in [0, 0.1) is 11.3 Å². The number of carbonyl (C=O) groups excluding carboxylic acids is 1. The summed E-state index contributed by atoms with van der Waals surface area (Å²) in [5, 5.41) is 18.1. The summed E-state index contributed by atoms with van der Waals surface area (Å²) in [5.74, 6) is -1.18. The molecule has 1 aromatic heterocycles. The molecule has 190 valence electrons. The van der Waals surface area contributed by atoms with Crippen molar-refractivity contribution in [1.29, 1.82) is 0 Å². The molecule has 6 rings (SSSR count). The van der Waals surface area contributed by atoms with E-state index in [1.165, 1.54) is 0 Å². The Hall–Kier alpha value is -3.58. The number of carbonyl (C=O) groups is 2. The zero-order valence-electron chi connectivity index (χ0n) is 21.0. The Bertz CT molecular complexity index is 1530. The zero-order valence-corrected chi connectivity index (χ0v) is 21.8. The fourth-order valence-electron chi connectivity index (χ4n) is 6.24. The molecular weight excluding hydrogens is 497 g/mol. The van der Waals surface area contributed by atoms with Gasteiger partial charge in [0.15, 0.2) is 0 Å². The van der Waals surface area contributed by atoms with Crippen LogP contribution in [-0.2, 0) is 10.2 Å². The van der Waals surface area contributed by atoms with E-state index >= 15 is 0 Å². The molecular formula is C30H27BClN3O3. The molecule has 1 amide bonds. The van der Waals surface area contributed by atoms with Crippen LogP contribution in [-0.4, -0.2) is 40.7 Å². The van der Waals surface area contributed by atoms with Crippen molar-refractivity contribution in [3.05, 3.63) is 89.1 Å². The Morgan fingerprint density at radius 3 is 2.34 bits per heavy atom. The maximum absolute atomic E-state index is 13.4. The summed E-state index contributed by atoms with van der Waals surface area (Å²) in [5.41, 5.74) is 3.10. The summed E-state index contributed by atoms with van der Waals surface area (Å²) in [6.45, 7) is 1.87. The molecule has 2 N–H and O–H groups in total. The molecule has 0 aliphatic heterocycles. The second-order valence-electron chi connectivity index (χ2n) is 11.0. The van der Waals surface area contributed by atoms with Gasteiger partial charge in [-0.15, -0.1) is 0 Å². The van der Waals surface area contributed by atoms with Crippen LogP contribution in [0.25, 0.3) is 22.0 Å². The number of benzene rings is 3. The molecule has 3 aromatic carbocycles. The van der Waals surface area contributed by atoms with Crippen LogP contribution < -0.4 is 5.32 Å². The standard InChI is InChI=1S/C30H27BClN3O3/c1-29(31,21-9-7-19(8-10-21)18-5-3-2-4-6-18)35-26-23(11-12-25(32)24(26)17-33-35)27(36)34-22-15-30(16-22)13-20(14-30)28(37)38/h2-12,17,20,22H,13-16H2,1H3,(H,34,36)(H,37,38). The van der Waals surface area contributed by atoms with E-state index < -0.39 is 11.4 Å². The van der Waals surface area contributed by atoms with Crippen molar-refractivity contribution in [3.63, 3.8) is 0 Å². The van der Waals surface area contributed by atoms with Crippen molar-refractivity contribution in [2.75, 3.05) is 0 Å². The SMILES string of the molecule is [B]C(C)(c1ccc(-c2ccccc2)cc1)n1ncc2c(Cl)ccc(C(=O)NC3CC4(C3)CC(C(=O)O)C4)c21. The minimum atomic E-state index is -1.05. The normalized spacial score (nSPS) is 23.8. The van der Waals surface area contributed by atoms with E-state index in [0.29, 0.717) is 34.3 Å². The molecule has 1 atom stereocenters.